The van der Waals surface area contributed by atoms with Gasteiger partial charge in [-0.05, 0) is 7.05 Å². The predicted octanol–water partition coefficient (Wildman–Crippen LogP) is -0.664. The number of carbonyl (C=O) groups is 2. The van der Waals surface area contributed by atoms with Crippen LogP contribution in [0.1, 0.15) is 6.42 Å². The number of ether oxygens (including phenoxy) is 1. The van der Waals surface area contributed by atoms with E-state index in [0.717, 1.165) is 0 Å². The molecule has 1 atom stereocenters. The molecular weight excluding hydrogens is 134 g/mol. The second-order valence-corrected chi connectivity index (χ2v) is 1.77. The molecule has 58 valence electrons. The Morgan fingerprint density at radius 3 is 2.70 bits per heavy atom. The minimum Gasteiger partial charge on any atom is -0.468 e. The third-order valence-electron chi connectivity index (χ3n) is 1.17. The lowest BCUT2D eigenvalue weighted by Gasteiger charge is -2.08. The zero-order valence-corrected chi connectivity index (χ0v) is 6.09. The molecule has 4 heteroatoms. The van der Waals surface area contributed by atoms with Crippen molar-refractivity contribution < 1.29 is 14.3 Å². The lowest BCUT2D eigenvalue weighted by atomic mass is 10.2. The molecule has 0 unspecified atom stereocenters. The molecule has 0 aliphatic heterocycles. The van der Waals surface area contributed by atoms with Crippen LogP contribution >= 0.6 is 0 Å². The fraction of sp³-hybridized carbons (Fsp3) is 0.667. The summed E-state index contributed by atoms with van der Waals surface area (Å²) in [6.45, 7) is 0. The fourth-order valence-electron chi connectivity index (χ4n) is 0.570. The van der Waals surface area contributed by atoms with E-state index in [1.807, 2.05) is 0 Å². The number of likely N-dealkylation sites (N-methyl/N-ethyl adjacent to an activating group) is 1. The minimum atomic E-state index is -0.498. The largest absolute Gasteiger partial charge is 0.468 e. The third-order valence-corrected chi connectivity index (χ3v) is 1.17. The molecule has 1 N–H and O–H groups in total. The quantitative estimate of drug-likeness (QED) is 0.421. The molecule has 0 heterocycles. The van der Waals surface area contributed by atoms with Gasteiger partial charge in [0.25, 0.3) is 0 Å². The summed E-state index contributed by atoms with van der Waals surface area (Å²) >= 11 is 0. The molecule has 0 spiro atoms. The molecule has 0 radical (unpaired) electrons. The number of esters is 1. The van der Waals surface area contributed by atoms with Crippen molar-refractivity contribution >= 4 is 12.3 Å². The van der Waals surface area contributed by atoms with Gasteiger partial charge in [-0.2, -0.15) is 0 Å². The first-order valence-electron chi connectivity index (χ1n) is 2.95. The summed E-state index contributed by atoms with van der Waals surface area (Å²) in [4.78, 5) is 20.6. The van der Waals surface area contributed by atoms with Crippen molar-refractivity contribution in [3.63, 3.8) is 0 Å². The first kappa shape index (κ1) is 9.10. The van der Waals surface area contributed by atoms with Gasteiger partial charge in [0.05, 0.1) is 7.11 Å². The minimum absolute atomic E-state index is 0.156. The van der Waals surface area contributed by atoms with Crippen molar-refractivity contribution in [2.75, 3.05) is 14.2 Å². The number of hydrogen-bond acceptors (Lipinski definition) is 4. The highest BCUT2D eigenvalue weighted by atomic mass is 16.5. The Balaban J connectivity index is 3.79. The molecule has 0 amide bonds. The van der Waals surface area contributed by atoms with E-state index in [0.29, 0.717) is 6.29 Å². The molecule has 0 bridgehead atoms. The maximum Gasteiger partial charge on any atom is 0.323 e. The molecule has 0 fully saturated rings. The van der Waals surface area contributed by atoms with Crippen LogP contribution in [0.4, 0.5) is 0 Å². The number of aldehydes is 1. The van der Waals surface area contributed by atoms with Crippen LogP contribution in [0, 0.1) is 0 Å². The van der Waals surface area contributed by atoms with E-state index in [-0.39, 0.29) is 6.42 Å². The van der Waals surface area contributed by atoms with Crippen LogP contribution in [-0.2, 0) is 14.3 Å². The third kappa shape index (κ3) is 2.59. The SMILES string of the molecule is CN[C@@H](CC=O)C(=O)OC. The van der Waals surface area contributed by atoms with Gasteiger partial charge in [0.1, 0.15) is 12.3 Å². The topological polar surface area (TPSA) is 55.4 Å². The lowest BCUT2D eigenvalue weighted by molar-refractivity contribution is -0.143. The molecule has 0 aromatic rings. The summed E-state index contributed by atoms with van der Waals surface area (Å²) in [6, 6.07) is -0.498. The standard InChI is InChI=1S/C6H11NO3/c1-7-5(3-4-8)6(9)10-2/h4-5,7H,3H2,1-2H3/t5-/m0/s1. The van der Waals surface area contributed by atoms with E-state index in [1.165, 1.54) is 7.11 Å². The Hall–Kier alpha value is -0.900. The van der Waals surface area contributed by atoms with Gasteiger partial charge in [0.2, 0.25) is 0 Å². The summed E-state index contributed by atoms with van der Waals surface area (Å²) in [5, 5.41) is 2.65. The van der Waals surface area contributed by atoms with Gasteiger partial charge < -0.3 is 14.8 Å². The second kappa shape index (κ2) is 4.93. The zero-order valence-electron chi connectivity index (χ0n) is 6.09. The number of rotatable bonds is 4. The summed E-state index contributed by atoms with van der Waals surface area (Å²) in [5.74, 6) is -0.408. The number of methoxy groups -OCH3 is 1. The summed E-state index contributed by atoms with van der Waals surface area (Å²) < 4.78 is 4.40. The molecule has 10 heavy (non-hydrogen) atoms. The van der Waals surface area contributed by atoms with Crippen molar-refractivity contribution in [2.45, 2.75) is 12.5 Å². The highest BCUT2D eigenvalue weighted by molar-refractivity contribution is 5.78. The van der Waals surface area contributed by atoms with Crippen LogP contribution in [0.15, 0.2) is 0 Å². The van der Waals surface area contributed by atoms with Crippen LogP contribution in [0.5, 0.6) is 0 Å². The Morgan fingerprint density at radius 1 is 1.80 bits per heavy atom. The maximum atomic E-state index is 10.7. The van der Waals surface area contributed by atoms with Gasteiger partial charge in [0.15, 0.2) is 0 Å². The Kier molecular flexibility index (Phi) is 4.49. The van der Waals surface area contributed by atoms with Crippen molar-refractivity contribution in [1.29, 1.82) is 0 Å². The van der Waals surface area contributed by atoms with Crippen molar-refractivity contribution in [3.8, 4) is 0 Å². The van der Waals surface area contributed by atoms with E-state index < -0.39 is 12.0 Å². The van der Waals surface area contributed by atoms with E-state index in [2.05, 4.69) is 10.1 Å². The van der Waals surface area contributed by atoms with Gasteiger partial charge in [-0.25, -0.2) is 0 Å². The molecule has 0 saturated heterocycles. The molecule has 0 aliphatic rings. The van der Waals surface area contributed by atoms with E-state index in [1.54, 1.807) is 7.05 Å². The van der Waals surface area contributed by atoms with Gasteiger partial charge >= 0.3 is 5.97 Å². The van der Waals surface area contributed by atoms with Crippen LogP contribution < -0.4 is 5.32 Å². The first-order valence-corrected chi connectivity index (χ1v) is 2.95. The van der Waals surface area contributed by atoms with Crippen molar-refractivity contribution in [3.05, 3.63) is 0 Å². The average Bonchev–Trinajstić information content (AvgIpc) is 1.99. The van der Waals surface area contributed by atoms with Gasteiger partial charge in [-0.3, -0.25) is 4.79 Å². The monoisotopic (exact) mass is 145 g/mol. The Bertz CT molecular complexity index is 124. The van der Waals surface area contributed by atoms with E-state index in [9.17, 15) is 9.59 Å². The lowest BCUT2D eigenvalue weighted by Crippen LogP contribution is -2.35. The van der Waals surface area contributed by atoms with Crippen molar-refractivity contribution in [2.24, 2.45) is 0 Å². The number of nitrogens with one attached hydrogen (secondary N) is 1. The first-order chi connectivity index (χ1) is 4.76. The van der Waals surface area contributed by atoms with Crippen LogP contribution in [-0.4, -0.2) is 32.5 Å². The van der Waals surface area contributed by atoms with E-state index in [4.69, 9.17) is 0 Å². The highest BCUT2D eigenvalue weighted by Crippen LogP contribution is 1.89. The molecule has 0 saturated carbocycles. The molecule has 0 aromatic heterocycles. The van der Waals surface area contributed by atoms with Gasteiger partial charge in [-0.15, -0.1) is 0 Å². The average molecular weight is 145 g/mol. The zero-order chi connectivity index (χ0) is 7.98. The second-order valence-electron chi connectivity index (χ2n) is 1.77. The predicted molar refractivity (Wildman–Crippen MR) is 35.5 cm³/mol. The Labute approximate surface area is 59.6 Å². The highest BCUT2D eigenvalue weighted by Gasteiger charge is 2.14. The maximum absolute atomic E-state index is 10.7. The number of carbonyl (C=O) groups excluding carboxylic acids is 2. The van der Waals surface area contributed by atoms with Gasteiger partial charge in [0, 0.05) is 6.42 Å². The normalized spacial score (nSPS) is 12.2. The molecular formula is C6H11NO3. The molecule has 0 aromatic carbocycles. The molecule has 4 nitrogen and oxygen atoms in total. The summed E-state index contributed by atoms with van der Waals surface area (Å²) in [6.07, 6.45) is 0.835. The molecule has 0 rings (SSSR count). The van der Waals surface area contributed by atoms with Gasteiger partial charge in [-0.1, -0.05) is 0 Å². The Morgan fingerprint density at radius 2 is 2.40 bits per heavy atom. The molecule has 0 aliphatic carbocycles. The van der Waals surface area contributed by atoms with Crippen LogP contribution in [0.2, 0.25) is 0 Å². The number of hydrogen-bond donors (Lipinski definition) is 1. The van der Waals surface area contributed by atoms with Crippen LogP contribution in [0.25, 0.3) is 0 Å². The summed E-state index contributed by atoms with van der Waals surface area (Å²) in [7, 11) is 2.89. The van der Waals surface area contributed by atoms with E-state index >= 15 is 0 Å². The summed E-state index contributed by atoms with van der Waals surface area (Å²) in [5.41, 5.74) is 0. The van der Waals surface area contributed by atoms with Crippen molar-refractivity contribution in [1.82, 2.24) is 5.32 Å². The smallest absolute Gasteiger partial charge is 0.323 e. The fourth-order valence-corrected chi connectivity index (χ4v) is 0.570. The van der Waals surface area contributed by atoms with Crippen LogP contribution in [0.3, 0.4) is 0 Å².